The molecule has 0 saturated carbocycles. The van der Waals surface area contributed by atoms with E-state index in [1.165, 1.54) is 0 Å². The maximum absolute atomic E-state index is 12.0. The molecule has 0 spiro atoms. The van der Waals surface area contributed by atoms with Crippen LogP contribution in [0.5, 0.6) is 5.75 Å². The lowest BCUT2D eigenvalue weighted by Gasteiger charge is -2.14. The smallest absolute Gasteiger partial charge is 0.251 e. The Hall–Kier alpha value is -0.820. The minimum Gasteiger partial charge on any atom is -0.496 e. The van der Waals surface area contributed by atoms with E-state index in [9.17, 15) is 9.90 Å². The van der Waals surface area contributed by atoms with E-state index in [1.807, 2.05) is 0 Å². The monoisotopic (exact) mass is 364 g/mol. The van der Waals surface area contributed by atoms with Crippen molar-refractivity contribution in [2.24, 2.45) is 5.92 Å². The number of ether oxygens (including phenoxy) is 1. The van der Waals surface area contributed by atoms with Gasteiger partial charge in [-0.3, -0.25) is 4.79 Å². The number of methoxy groups -OCH3 is 1. The summed E-state index contributed by atoms with van der Waals surface area (Å²) in [5.74, 6) is 0.611. The third-order valence-corrected chi connectivity index (χ3v) is 3.86. The molecule has 112 valence electrons. The average molecular weight is 366 g/mol. The second-order valence-electron chi connectivity index (χ2n) is 4.55. The summed E-state index contributed by atoms with van der Waals surface area (Å²) in [5, 5.41) is 15.6. The summed E-state index contributed by atoms with van der Waals surface area (Å²) in [6.07, 6.45) is -0.386. The van der Waals surface area contributed by atoms with Crippen molar-refractivity contribution in [1.29, 1.82) is 0 Å². The van der Waals surface area contributed by atoms with Crippen molar-refractivity contribution in [2.45, 2.75) is 6.10 Å². The Balaban J connectivity index is 0.00000200. The highest BCUT2D eigenvalue weighted by molar-refractivity contribution is 9.10. The number of β-amino-alcohol motifs (C(OH)–C–C–N with tert-alkyl or cyclic N) is 1. The molecule has 1 heterocycles. The summed E-state index contributed by atoms with van der Waals surface area (Å²) >= 11 is 3.35. The van der Waals surface area contributed by atoms with E-state index in [0.29, 0.717) is 24.4 Å². The number of carbonyl (C=O) groups excluding carboxylic acids is 1. The van der Waals surface area contributed by atoms with Crippen LogP contribution in [0.3, 0.4) is 0 Å². The fourth-order valence-electron chi connectivity index (χ4n) is 2.06. The molecule has 1 aliphatic rings. The van der Waals surface area contributed by atoms with Crippen LogP contribution in [0.1, 0.15) is 10.4 Å². The van der Waals surface area contributed by atoms with Gasteiger partial charge in [0.15, 0.2) is 0 Å². The second-order valence-corrected chi connectivity index (χ2v) is 5.40. The van der Waals surface area contributed by atoms with E-state index in [-0.39, 0.29) is 30.3 Å². The minimum atomic E-state index is -0.386. The van der Waals surface area contributed by atoms with Crippen LogP contribution in [0.25, 0.3) is 0 Å². The Morgan fingerprint density at radius 1 is 1.55 bits per heavy atom. The topological polar surface area (TPSA) is 70.6 Å². The predicted molar refractivity (Wildman–Crippen MR) is 82.6 cm³/mol. The summed E-state index contributed by atoms with van der Waals surface area (Å²) in [5.41, 5.74) is 0.563. The van der Waals surface area contributed by atoms with Gasteiger partial charge in [-0.15, -0.1) is 12.4 Å². The van der Waals surface area contributed by atoms with E-state index >= 15 is 0 Å². The van der Waals surface area contributed by atoms with Crippen LogP contribution in [0.4, 0.5) is 0 Å². The fraction of sp³-hybridized carbons (Fsp3) is 0.462. The number of rotatable bonds is 4. The first-order valence-corrected chi connectivity index (χ1v) is 6.91. The molecule has 0 aliphatic carbocycles. The molecular formula is C13H18BrClN2O3. The number of halogens is 2. The van der Waals surface area contributed by atoms with Crippen molar-refractivity contribution in [3.8, 4) is 5.75 Å². The van der Waals surface area contributed by atoms with Gasteiger partial charge in [-0.1, -0.05) is 0 Å². The van der Waals surface area contributed by atoms with Crippen LogP contribution in [-0.4, -0.2) is 43.9 Å². The van der Waals surface area contributed by atoms with Crippen LogP contribution in [0.15, 0.2) is 22.7 Å². The predicted octanol–water partition coefficient (Wildman–Crippen LogP) is 1.19. The lowest BCUT2D eigenvalue weighted by atomic mass is 10.1. The van der Waals surface area contributed by atoms with Gasteiger partial charge in [0.2, 0.25) is 0 Å². The molecule has 0 bridgehead atoms. The Bertz CT molecular complexity index is 473. The third-order valence-electron chi connectivity index (χ3n) is 3.24. The van der Waals surface area contributed by atoms with Crippen molar-refractivity contribution in [2.75, 3.05) is 26.7 Å². The van der Waals surface area contributed by atoms with Crippen LogP contribution >= 0.6 is 28.3 Å². The number of benzene rings is 1. The molecule has 2 rings (SSSR count). The second kappa shape index (κ2) is 7.83. The lowest BCUT2D eigenvalue weighted by molar-refractivity contribution is 0.0927. The molecule has 2 atom stereocenters. The molecule has 0 aromatic heterocycles. The largest absolute Gasteiger partial charge is 0.496 e. The van der Waals surface area contributed by atoms with E-state index in [4.69, 9.17) is 4.74 Å². The Kier molecular flexibility index (Phi) is 6.75. The van der Waals surface area contributed by atoms with Gasteiger partial charge in [0.1, 0.15) is 5.75 Å². The minimum absolute atomic E-state index is 0. The molecule has 7 heteroatoms. The molecule has 2 unspecified atom stereocenters. The van der Waals surface area contributed by atoms with Crippen LogP contribution in [0, 0.1) is 5.92 Å². The van der Waals surface area contributed by atoms with Gasteiger partial charge in [0, 0.05) is 31.1 Å². The Morgan fingerprint density at radius 3 is 2.85 bits per heavy atom. The van der Waals surface area contributed by atoms with Gasteiger partial charge < -0.3 is 20.5 Å². The number of amides is 1. The third kappa shape index (κ3) is 4.09. The normalized spacial score (nSPS) is 21.1. The van der Waals surface area contributed by atoms with Crippen molar-refractivity contribution < 1.29 is 14.6 Å². The SMILES string of the molecule is COc1ccc(C(=O)NCC2CNCC2O)cc1Br.Cl. The Morgan fingerprint density at radius 2 is 2.30 bits per heavy atom. The zero-order valence-corrected chi connectivity index (χ0v) is 13.5. The molecule has 1 aromatic carbocycles. The standard InChI is InChI=1S/C13H17BrN2O3.ClH/c1-19-12-3-2-8(4-10(12)14)13(18)16-6-9-5-15-7-11(9)17;/h2-4,9,11,15,17H,5-7H2,1H3,(H,16,18);1H. The van der Waals surface area contributed by atoms with Gasteiger partial charge in [-0.05, 0) is 34.1 Å². The first kappa shape index (κ1) is 17.2. The maximum atomic E-state index is 12.0. The average Bonchev–Trinajstić information content (AvgIpc) is 2.81. The summed E-state index contributed by atoms with van der Waals surface area (Å²) in [7, 11) is 1.58. The number of hydrogen-bond acceptors (Lipinski definition) is 4. The van der Waals surface area contributed by atoms with Crippen molar-refractivity contribution in [1.82, 2.24) is 10.6 Å². The van der Waals surface area contributed by atoms with Gasteiger partial charge in [0.25, 0.3) is 5.91 Å². The molecule has 5 nitrogen and oxygen atoms in total. The molecule has 1 aliphatic heterocycles. The highest BCUT2D eigenvalue weighted by Gasteiger charge is 2.25. The van der Waals surface area contributed by atoms with Crippen LogP contribution < -0.4 is 15.4 Å². The van der Waals surface area contributed by atoms with Gasteiger partial charge in [0.05, 0.1) is 17.7 Å². The van der Waals surface area contributed by atoms with E-state index in [2.05, 4.69) is 26.6 Å². The van der Waals surface area contributed by atoms with Crippen LogP contribution in [-0.2, 0) is 0 Å². The molecule has 1 amide bonds. The lowest BCUT2D eigenvalue weighted by Crippen LogP contribution is -2.34. The maximum Gasteiger partial charge on any atom is 0.251 e. The fourth-order valence-corrected chi connectivity index (χ4v) is 2.60. The molecule has 0 radical (unpaired) electrons. The highest BCUT2D eigenvalue weighted by atomic mass is 79.9. The summed E-state index contributed by atoms with van der Waals surface area (Å²) < 4.78 is 5.86. The summed E-state index contributed by atoms with van der Waals surface area (Å²) in [6.45, 7) is 1.79. The van der Waals surface area contributed by atoms with Crippen molar-refractivity contribution in [3.63, 3.8) is 0 Å². The molecule has 3 N–H and O–H groups in total. The van der Waals surface area contributed by atoms with Crippen molar-refractivity contribution in [3.05, 3.63) is 28.2 Å². The molecule has 1 aromatic rings. The quantitative estimate of drug-likeness (QED) is 0.749. The highest BCUT2D eigenvalue weighted by Crippen LogP contribution is 2.25. The summed E-state index contributed by atoms with van der Waals surface area (Å²) in [6, 6.07) is 5.17. The molecular weight excluding hydrogens is 348 g/mol. The summed E-state index contributed by atoms with van der Waals surface area (Å²) in [4.78, 5) is 12.0. The van der Waals surface area contributed by atoms with E-state index in [1.54, 1.807) is 25.3 Å². The number of hydrogen-bond donors (Lipinski definition) is 3. The molecule has 1 saturated heterocycles. The van der Waals surface area contributed by atoms with Gasteiger partial charge in [-0.25, -0.2) is 0 Å². The van der Waals surface area contributed by atoms with E-state index in [0.717, 1.165) is 11.0 Å². The Labute approximate surface area is 132 Å². The number of carbonyl (C=O) groups is 1. The van der Waals surface area contributed by atoms with Gasteiger partial charge in [-0.2, -0.15) is 0 Å². The number of aliphatic hydroxyl groups excluding tert-OH is 1. The first-order valence-electron chi connectivity index (χ1n) is 6.12. The first-order chi connectivity index (χ1) is 9.11. The van der Waals surface area contributed by atoms with Gasteiger partial charge >= 0.3 is 0 Å². The number of nitrogens with one attached hydrogen (secondary N) is 2. The van der Waals surface area contributed by atoms with Crippen LogP contribution in [0.2, 0.25) is 0 Å². The van der Waals surface area contributed by atoms with E-state index < -0.39 is 0 Å². The zero-order chi connectivity index (χ0) is 13.8. The molecule has 20 heavy (non-hydrogen) atoms. The number of aliphatic hydroxyl groups is 1. The molecule has 1 fully saturated rings. The van der Waals surface area contributed by atoms with Crippen molar-refractivity contribution >= 4 is 34.2 Å². The zero-order valence-electron chi connectivity index (χ0n) is 11.1.